The summed E-state index contributed by atoms with van der Waals surface area (Å²) in [5.41, 5.74) is 0. The van der Waals surface area contributed by atoms with E-state index in [1.165, 1.54) is 0 Å². The van der Waals surface area contributed by atoms with Crippen LogP contribution in [0.1, 0.15) is 13.3 Å². The number of halogens is 2. The molecule has 0 aliphatic heterocycles. The number of hydrogen-bond acceptors (Lipinski definition) is 1. The molecule has 0 aliphatic rings. The number of hydrogen-bond donors (Lipinski definition) is 1. The molecule has 64 valence electrons. The van der Waals surface area contributed by atoms with Gasteiger partial charge in [-0.3, -0.25) is 0 Å². The van der Waals surface area contributed by atoms with Crippen LogP contribution < -0.4 is 0 Å². The van der Waals surface area contributed by atoms with Crippen molar-refractivity contribution >= 4 is 18.6 Å². The molecule has 1 N–H and O–H groups in total. The Morgan fingerprint density at radius 2 is 1.50 bits per heavy atom. The standard InChI is InChI=1S/C3H8O.C2H6N.2ClH.Ti/c1-2-3-4;1-3-2;;;/h4H,2-3H2,1H3;1-2H3;2*1H;/q;-1;;;+2/p-2. The predicted octanol–water partition coefficient (Wildman–Crippen LogP) is 2.38. The number of aliphatic hydroxyl groups excluding tert-OH is 1. The summed E-state index contributed by atoms with van der Waals surface area (Å²) >= 11 is -0.556. The number of aliphatic hydroxyl groups is 1. The zero-order valence-corrected chi connectivity index (χ0v) is 9.64. The first-order valence-electron chi connectivity index (χ1n) is 2.80. The first-order valence-corrected chi connectivity index (χ1v) is 7.09. The molecule has 0 unspecified atom stereocenters. The van der Waals surface area contributed by atoms with E-state index >= 15 is 0 Å². The maximum atomic E-state index is 7.88. The molecule has 0 radical (unpaired) electrons. The van der Waals surface area contributed by atoms with E-state index in [-0.39, 0.29) is 0 Å². The van der Waals surface area contributed by atoms with Crippen molar-refractivity contribution in [3.63, 3.8) is 0 Å². The third-order valence-electron chi connectivity index (χ3n) is 0.224. The van der Waals surface area contributed by atoms with Crippen LogP contribution in [0.4, 0.5) is 0 Å². The van der Waals surface area contributed by atoms with Crippen LogP contribution >= 0.6 is 18.6 Å². The SMILES string of the molecule is CCCO.C[N-]C.[Cl][Ti][Cl]. The molecule has 0 spiro atoms. The Bertz CT molecular complexity index is 31.6. The average Bonchev–Trinajstić information content (AvgIpc) is 1.91. The molecule has 0 aromatic rings. The van der Waals surface area contributed by atoms with Crippen LogP contribution in [0.25, 0.3) is 5.32 Å². The molecule has 5 heteroatoms. The second-order valence-electron chi connectivity index (χ2n) is 1.24. The second kappa shape index (κ2) is 31.9. The number of nitrogens with zero attached hydrogens (tertiary/aromatic N) is 1. The van der Waals surface area contributed by atoms with Gasteiger partial charge in [0.25, 0.3) is 0 Å². The van der Waals surface area contributed by atoms with E-state index in [2.05, 4.69) is 5.32 Å². The van der Waals surface area contributed by atoms with Gasteiger partial charge in [0.15, 0.2) is 0 Å². The van der Waals surface area contributed by atoms with Gasteiger partial charge in [0, 0.05) is 6.61 Å². The Labute approximate surface area is 80.0 Å². The summed E-state index contributed by atoms with van der Waals surface area (Å²) in [6.45, 7) is 2.25. The van der Waals surface area contributed by atoms with Crippen LogP contribution in [0.15, 0.2) is 0 Å². The van der Waals surface area contributed by atoms with Gasteiger partial charge in [-0.25, -0.2) is 0 Å². The van der Waals surface area contributed by atoms with E-state index in [9.17, 15) is 0 Å². The molecule has 0 aliphatic carbocycles. The molecule has 0 aromatic heterocycles. The maximum absolute atomic E-state index is 7.88. The zero-order valence-electron chi connectivity index (χ0n) is 6.56. The van der Waals surface area contributed by atoms with Crippen LogP contribution in [0.2, 0.25) is 0 Å². The van der Waals surface area contributed by atoms with Crippen molar-refractivity contribution in [2.45, 2.75) is 13.3 Å². The molecule has 2 nitrogen and oxygen atoms in total. The van der Waals surface area contributed by atoms with Crippen LogP contribution in [-0.2, 0) is 17.0 Å². The summed E-state index contributed by atoms with van der Waals surface area (Å²) in [7, 11) is 13.3. The fraction of sp³-hybridized carbons (Fsp3) is 1.00. The van der Waals surface area contributed by atoms with Crippen molar-refractivity contribution in [1.82, 2.24) is 0 Å². The van der Waals surface area contributed by atoms with Crippen LogP contribution in [0, 0.1) is 0 Å². The Kier molecular flexibility index (Phi) is 55.3. The minimum atomic E-state index is -0.556. The topological polar surface area (TPSA) is 34.3 Å². The molecule has 0 saturated carbocycles. The molecule has 0 bridgehead atoms. The van der Waals surface area contributed by atoms with E-state index in [0.717, 1.165) is 6.42 Å². The molecular weight excluding hydrogens is 209 g/mol. The van der Waals surface area contributed by atoms with E-state index in [1.807, 2.05) is 6.92 Å². The van der Waals surface area contributed by atoms with Crippen LogP contribution in [-0.4, -0.2) is 25.8 Å². The van der Waals surface area contributed by atoms with E-state index < -0.39 is 17.0 Å². The van der Waals surface area contributed by atoms with Gasteiger partial charge in [-0.05, 0) is 6.42 Å². The van der Waals surface area contributed by atoms with Crippen molar-refractivity contribution in [2.24, 2.45) is 0 Å². The zero-order chi connectivity index (χ0) is 8.83. The molecule has 0 saturated heterocycles. The van der Waals surface area contributed by atoms with Gasteiger partial charge in [-0.1, -0.05) is 6.92 Å². The summed E-state index contributed by atoms with van der Waals surface area (Å²) in [5, 5.41) is 11.4. The van der Waals surface area contributed by atoms with E-state index in [1.54, 1.807) is 14.1 Å². The third kappa shape index (κ3) is 127. The fourth-order valence-electron chi connectivity index (χ4n) is 0. The molecule has 0 rings (SSSR count). The Balaban J connectivity index is -0.0000000750. The van der Waals surface area contributed by atoms with Crippen molar-refractivity contribution in [1.29, 1.82) is 0 Å². The quantitative estimate of drug-likeness (QED) is 0.680. The molecule has 10 heavy (non-hydrogen) atoms. The minimum absolute atomic E-state index is 0.319. The van der Waals surface area contributed by atoms with Gasteiger partial charge in [-0.2, -0.15) is 14.1 Å². The first kappa shape index (κ1) is 17.3. The molecule has 0 aromatic carbocycles. The number of rotatable bonds is 1. The van der Waals surface area contributed by atoms with E-state index in [4.69, 9.17) is 23.7 Å². The molecule has 0 atom stereocenters. The molecule has 0 heterocycles. The van der Waals surface area contributed by atoms with Gasteiger partial charge in [0.1, 0.15) is 0 Å². The summed E-state index contributed by atoms with van der Waals surface area (Å²) in [6, 6.07) is 0. The molecule has 0 fully saturated rings. The van der Waals surface area contributed by atoms with Gasteiger partial charge in [0.05, 0.1) is 0 Å². The average molecular weight is 223 g/mol. The van der Waals surface area contributed by atoms with Gasteiger partial charge >= 0.3 is 35.6 Å². The van der Waals surface area contributed by atoms with Crippen LogP contribution in [0.3, 0.4) is 0 Å². The van der Waals surface area contributed by atoms with Gasteiger partial charge in [0.2, 0.25) is 0 Å². The van der Waals surface area contributed by atoms with Gasteiger partial charge < -0.3 is 10.4 Å². The van der Waals surface area contributed by atoms with Crippen molar-refractivity contribution in [3.05, 3.63) is 5.32 Å². The van der Waals surface area contributed by atoms with E-state index in [0.29, 0.717) is 6.61 Å². The summed E-state index contributed by atoms with van der Waals surface area (Å²) in [6.07, 6.45) is 0.875. The van der Waals surface area contributed by atoms with Crippen molar-refractivity contribution < 1.29 is 22.1 Å². The summed E-state index contributed by atoms with van der Waals surface area (Å²) in [4.78, 5) is 0. The monoisotopic (exact) mass is 222 g/mol. The van der Waals surface area contributed by atoms with Crippen molar-refractivity contribution in [2.75, 3.05) is 20.7 Å². The summed E-state index contributed by atoms with van der Waals surface area (Å²) in [5.74, 6) is 0. The molecular formula is C5H14Cl2NOTi-. The normalized spacial score (nSPS) is 6.20. The third-order valence-corrected chi connectivity index (χ3v) is 0.224. The Hall–Kier alpha value is 1.21. The molecule has 0 amide bonds. The second-order valence-corrected chi connectivity index (χ2v) is 3.82. The Morgan fingerprint density at radius 3 is 1.50 bits per heavy atom. The Morgan fingerprint density at radius 1 is 1.40 bits per heavy atom. The van der Waals surface area contributed by atoms with Crippen LogP contribution in [0.5, 0.6) is 0 Å². The first-order chi connectivity index (χ1) is 4.74. The van der Waals surface area contributed by atoms with Gasteiger partial charge in [-0.15, -0.1) is 0 Å². The summed E-state index contributed by atoms with van der Waals surface area (Å²) < 4.78 is 0. The predicted molar refractivity (Wildman–Crippen MR) is 44.3 cm³/mol. The fourth-order valence-corrected chi connectivity index (χ4v) is 0. The van der Waals surface area contributed by atoms with Crippen molar-refractivity contribution in [3.8, 4) is 0 Å².